The maximum absolute atomic E-state index is 13.2. The van der Waals surface area contributed by atoms with Gasteiger partial charge in [-0.15, -0.1) is 0 Å². The summed E-state index contributed by atoms with van der Waals surface area (Å²) in [6, 6.07) is 11.2. The van der Waals surface area contributed by atoms with Crippen molar-refractivity contribution in [2.75, 3.05) is 5.32 Å². The Labute approximate surface area is 146 Å². The van der Waals surface area contributed by atoms with Crippen LogP contribution >= 0.6 is 27.5 Å². The first-order valence-corrected chi connectivity index (χ1v) is 7.73. The van der Waals surface area contributed by atoms with Gasteiger partial charge in [0.05, 0.1) is 4.47 Å². The summed E-state index contributed by atoms with van der Waals surface area (Å²) in [7, 11) is 0. The van der Waals surface area contributed by atoms with Crippen molar-refractivity contribution in [3.05, 3.63) is 68.4 Å². The van der Waals surface area contributed by atoms with Gasteiger partial charge in [0.1, 0.15) is 17.5 Å². The second-order valence-corrected chi connectivity index (χ2v) is 5.97. The van der Waals surface area contributed by atoms with Crippen LogP contribution in [0.3, 0.4) is 0 Å². The molecule has 1 amide bonds. The highest BCUT2D eigenvalue weighted by molar-refractivity contribution is 9.10. The Morgan fingerprint density at radius 3 is 2.78 bits per heavy atom. The van der Waals surface area contributed by atoms with Crippen molar-refractivity contribution < 1.29 is 9.18 Å². The summed E-state index contributed by atoms with van der Waals surface area (Å²) in [5, 5.41) is 12.4. The first-order valence-electron chi connectivity index (χ1n) is 6.55. The van der Waals surface area contributed by atoms with E-state index in [1.807, 2.05) is 6.07 Å². The third-order valence-electron chi connectivity index (χ3n) is 3.14. The molecular formula is C17H11BrClFN2O. The third kappa shape index (κ3) is 4.19. The van der Waals surface area contributed by atoms with Crippen LogP contribution in [0, 0.1) is 24.1 Å². The number of benzene rings is 2. The Hall–Kier alpha value is -2.16. The van der Waals surface area contributed by atoms with Crippen molar-refractivity contribution in [3.8, 4) is 6.07 Å². The second kappa shape index (κ2) is 7.40. The molecule has 0 aromatic heterocycles. The van der Waals surface area contributed by atoms with Crippen LogP contribution in [0.15, 0.2) is 46.4 Å². The number of rotatable bonds is 3. The maximum Gasteiger partial charge on any atom is 0.266 e. The number of hydrogen-bond donors (Lipinski definition) is 1. The molecule has 0 atom stereocenters. The Kier molecular flexibility index (Phi) is 5.54. The van der Waals surface area contributed by atoms with E-state index in [1.165, 1.54) is 24.3 Å². The van der Waals surface area contributed by atoms with E-state index in [2.05, 4.69) is 21.2 Å². The Balaban J connectivity index is 2.28. The molecule has 0 heterocycles. The Morgan fingerprint density at radius 2 is 2.13 bits per heavy atom. The van der Waals surface area contributed by atoms with E-state index in [9.17, 15) is 14.4 Å². The number of anilines is 1. The van der Waals surface area contributed by atoms with Crippen LogP contribution in [-0.2, 0) is 4.79 Å². The summed E-state index contributed by atoms with van der Waals surface area (Å²) in [6.45, 7) is 1.77. The summed E-state index contributed by atoms with van der Waals surface area (Å²) in [5.41, 5.74) is 1.68. The van der Waals surface area contributed by atoms with Gasteiger partial charge in [0, 0.05) is 10.7 Å². The molecule has 0 bridgehead atoms. The highest BCUT2D eigenvalue weighted by atomic mass is 79.9. The van der Waals surface area contributed by atoms with E-state index in [1.54, 1.807) is 25.1 Å². The van der Waals surface area contributed by atoms with Crippen molar-refractivity contribution in [2.45, 2.75) is 6.92 Å². The van der Waals surface area contributed by atoms with Gasteiger partial charge in [-0.3, -0.25) is 4.79 Å². The molecule has 0 fully saturated rings. The van der Waals surface area contributed by atoms with Gasteiger partial charge in [0.2, 0.25) is 0 Å². The second-order valence-electron chi connectivity index (χ2n) is 4.71. The molecule has 0 saturated heterocycles. The van der Waals surface area contributed by atoms with Crippen molar-refractivity contribution in [3.63, 3.8) is 0 Å². The van der Waals surface area contributed by atoms with Gasteiger partial charge in [0.15, 0.2) is 0 Å². The van der Waals surface area contributed by atoms with E-state index >= 15 is 0 Å². The number of hydrogen-bond acceptors (Lipinski definition) is 2. The van der Waals surface area contributed by atoms with Crippen LogP contribution in [-0.4, -0.2) is 5.91 Å². The molecule has 0 aliphatic rings. The van der Waals surface area contributed by atoms with E-state index in [0.717, 1.165) is 0 Å². The lowest BCUT2D eigenvalue weighted by Gasteiger charge is -2.09. The van der Waals surface area contributed by atoms with Crippen molar-refractivity contribution in [2.24, 2.45) is 0 Å². The van der Waals surface area contributed by atoms with E-state index in [0.29, 0.717) is 21.8 Å². The normalized spacial score (nSPS) is 11.0. The van der Waals surface area contributed by atoms with Gasteiger partial charge in [-0.05, 0) is 64.3 Å². The molecular weight excluding hydrogens is 383 g/mol. The van der Waals surface area contributed by atoms with Crippen LogP contribution in [0.5, 0.6) is 0 Å². The zero-order valence-electron chi connectivity index (χ0n) is 12.0. The SMILES string of the molecule is Cc1c(Cl)cccc1NC(=O)C(C#N)=Cc1ccc(F)c(Br)c1. The highest BCUT2D eigenvalue weighted by Crippen LogP contribution is 2.24. The monoisotopic (exact) mass is 392 g/mol. The van der Waals surface area contributed by atoms with E-state index in [4.69, 9.17) is 11.6 Å². The number of nitriles is 1. The van der Waals surface area contributed by atoms with Gasteiger partial charge in [-0.1, -0.05) is 23.7 Å². The summed E-state index contributed by atoms with van der Waals surface area (Å²) >= 11 is 9.06. The van der Waals surface area contributed by atoms with Crippen LogP contribution < -0.4 is 5.32 Å². The highest BCUT2D eigenvalue weighted by Gasteiger charge is 2.12. The average Bonchev–Trinajstić information content (AvgIpc) is 2.52. The van der Waals surface area contributed by atoms with Gasteiger partial charge in [-0.2, -0.15) is 5.26 Å². The molecule has 2 aromatic rings. The van der Waals surface area contributed by atoms with Crippen molar-refractivity contribution >= 4 is 45.2 Å². The summed E-state index contributed by atoms with van der Waals surface area (Å²) in [5.74, 6) is -0.974. The topological polar surface area (TPSA) is 52.9 Å². The number of amides is 1. The lowest BCUT2D eigenvalue weighted by atomic mass is 10.1. The third-order valence-corrected chi connectivity index (χ3v) is 4.15. The van der Waals surface area contributed by atoms with Crippen LogP contribution in [0.1, 0.15) is 11.1 Å². The maximum atomic E-state index is 13.2. The minimum Gasteiger partial charge on any atom is -0.321 e. The Morgan fingerprint density at radius 1 is 1.39 bits per heavy atom. The standard InChI is InChI=1S/C17H11BrClFN2O/c1-10-14(19)3-2-4-16(10)22-17(23)12(9-21)7-11-5-6-15(20)13(18)8-11/h2-8H,1H3,(H,22,23). The zero-order valence-corrected chi connectivity index (χ0v) is 14.4. The molecule has 2 aromatic carbocycles. The molecule has 0 unspecified atom stereocenters. The fraction of sp³-hybridized carbons (Fsp3) is 0.0588. The quantitative estimate of drug-likeness (QED) is 0.583. The smallest absolute Gasteiger partial charge is 0.266 e. The van der Waals surface area contributed by atoms with Gasteiger partial charge in [-0.25, -0.2) is 4.39 Å². The van der Waals surface area contributed by atoms with Crippen molar-refractivity contribution in [1.29, 1.82) is 5.26 Å². The first-order chi connectivity index (χ1) is 10.9. The predicted octanol–water partition coefficient (Wildman–Crippen LogP) is 5.10. The first kappa shape index (κ1) is 17.2. The molecule has 1 N–H and O–H groups in total. The summed E-state index contributed by atoms with van der Waals surface area (Å²) < 4.78 is 13.5. The van der Waals surface area contributed by atoms with E-state index < -0.39 is 11.7 Å². The summed E-state index contributed by atoms with van der Waals surface area (Å²) in [4.78, 5) is 12.2. The molecule has 3 nitrogen and oxygen atoms in total. The molecule has 116 valence electrons. The summed E-state index contributed by atoms with van der Waals surface area (Å²) in [6.07, 6.45) is 1.39. The predicted molar refractivity (Wildman–Crippen MR) is 92.5 cm³/mol. The fourth-order valence-corrected chi connectivity index (χ4v) is 2.42. The number of nitrogens with zero attached hydrogens (tertiary/aromatic N) is 1. The Bertz CT molecular complexity index is 843. The molecule has 0 spiro atoms. The minimum atomic E-state index is -0.557. The van der Waals surface area contributed by atoms with Gasteiger partial charge < -0.3 is 5.32 Å². The number of nitrogens with one attached hydrogen (secondary N) is 1. The molecule has 0 aliphatic heterocycles. The number of carbonyl (C=O) groups excluding carboxylic acids is 1. The lowest BCUT2D eigenvalue weighted by Crippen LogP contribution is -2.14. The molecule has 0 radical (unpaired) electrons. The van der Waals surface area contributed by atoms with Crippen LogP contribution in [0.25, 0.3) is 6.08 Å². The minimum absolute atomic E-state index is 0.0946. The fourth-order valence-electron chi connectivity index (χ4n) is 1.85. The number of halogens is 3. The average molecular weight is 394 g/mol. The largest absolute Gasteiger partial charge is 0.321 e. The lowest BCUT2D eigenvalue weighted by molar-refractivity contribution is -0.112. The zero-order chi connectivity index (χ0) is 17.0. The van der Waals surface area contributed by atoms with Gasteiger partial charge in [0.25, 0.3) is 5.91 Å². The molecule has 6 heteroatoms. The van der Waals surface area contributed by atoms with E-state index in [-0.39, 0.29) is 10.0 Å². The molecule has 23 heavy (non-hydrogen) atoms. The van der Waals surface area contributed by atoms with Gasteiger partial charge >= 0.3 is 0 Å². The van der Waals surface area contributed by atoms with Crippen LogP contribution in [0.4, 0.5) is 10.1 Å². The molecule has 2 rings (SSSR count). The van der Waals surface area contributed by atoms with Crippen molar-refractivity contribution in [1.82, 2.24) is 0 Å². The molecule has 0 aliphatic carbocycles. The number of carbonyl (C=O) groups is 1. The molecule has 0 saturated carbocycles. The van der Waals surface area contributed by atoms with Crippen LogP contribution in [0.2, 0.25) is 5.02 Å².